The second-order valence-corrected chi connectivity index (χ2v) is 10.9. The van der Waals surface area contributed by atoms with Crippen LogP contribution in [0.5, 0.6) is 11.5 Å². The van der Waals surface area contributed by atoms with Gasteiger partial charge in [0.25, 0.3) is 11.5 Å². The Morgan fingerprint density at radius 2 is 1.79 bits per heavy atom. The number of para-hydroxylation sites is 1. The average molecular weight is 604 g/mol. The summed E-state index contributed by atoms with van der Waals surface area (Å²) in [5.41, 5.74) is 2.10. The lowest BCUT2D eigenvalue weighted by Crippen LogP contribution is -2.41. The van der Waals surface area contributed by atoms with E-state index in [9.17, 15) is 19.2 Å². The van der Waals surface area contributed by atoms with Crippen molar-refractivity contribution in [1.29, 1.82) is 0 Å². The highest BCUT2D eigenvalue weighted by molar-refractivity contribution is 7.07. The Morgan fingerprint density at radius 1 is 1.02 bits per heavy atom. The topological polar surface area (TPSA) is 126 Å². The Bertz CT molecular complexity index is 1870. The molecule has 0 bridgehead atoms. The summed E-state index contributed by atoms with van der Waals surface area (Å²) in [7, 11) is 0. The molecule has 3 aliphatic heterocycles. The van der Waals surface area contributed by atoms with Crippen LogP contribution in [0, 0.1) is 0 Å². The third-order valence-corrected chi connectivity index (χ3v) is 8.38. The van der Waals surface area contributed by atoms with Crippen LogP contribution in [0.25, 0.3) is 5.57 Å². The molecule has 11 nitrogen and oxygen atoms in total. The molecule has 6 rings (SSSR count). The summed E-state index contributed by atoms with van der Waals surface area (Å²) in [6, 6.07) is 11.4. The SMILES string of the molecule is CCCC1=C(C(=O)OCC)[C@@H](c2ccc3c(c2)OCO3)n2c(s/c(=C3/C(=O)N(CC(=O)OCC)c4ccccc43)c2=O)=N1. The number of ether oxygens (including phenoxy) is 4. The molecular weight excluding hydrogens is 574 g/mol. The highest BCUT2D eigenvalue weighted by Gasteiger charge is 2.39. The van der Waals surface area contributed by atoms with Crippen molar-refractivity contribution in [2.45, 2.75) is 39.7 Å². The summed E-state index contributed by atoms with van der Waals surface area (Å²) >= 11 is 1.08. The van der Waals surface area contributed by atoms with E-state index in [-0.39, 0.29) is 42.2 Å². The molecule has 1 amide bonds. The Labute approximate surface area is 250 Å². The third-order valence-electron chi connectivity index (χ3n) is 7.32. The number of amides is 1. The summed E-state index contributed by atoms with van der Waals surface area (Å²) in [6.45, 7) is 5.48. The lowest BCUT2D eigenvalue weighted by atomic mass is 9.94. The number of allylic oxidation sites excluding steroid dienone is 1. The predicted molar refractivity (Wildman–Crippen MR) is 157 cm³/mol. The number of thiazole rings is 1. The van der Waals surface area contributed by atoms with Gasteiger partial charge in [0.05, 0.1) is 41.8 Å². The highest BCUT2D eigenvalue weighted by Crippen LogP contribution is 2.39. The molecule has 4 heterocycles. The molecular formula is C31H29N3O8S. The second-order valence-electron chi connectivity index (χ2n) is 9.94. The Balaban J connectivity index is 1.60. The van der Waals surface area contributed by atoms with Gasteiger partial charge in [0.1, 0.15) is 11.1 Å². The number of carbonyl (C=O) groups is 3. The summed E-state index contributed by atoms with van der Waals surface area (Å²) in [5.74, 6) is -0.562. The number of hydrogen-bond acceptors (Lipinski definition) is 10. The largest absolute Gasteiger partial charge is 0.465 e. The van der Waals surface area contributed by atoms with Gasteiger partial charge in [-0.1, -0.05) is 48.9 Å². The summed E-state index contributed by atoms with van der Waals surface area (Å²) in [5, 5.41) is 0. The summed E-state index contributed by atoms with van der Waals surface area (Å²) < 4.78 is 23.3. The minimum atomic E-state index is -0.886. The molecule has 0 spiro atoms. The van der Waals surface area contributed by atoms with Gasteiger partial charge in [-0.3, -0.25) is 23.9 Å². The van der Waals surface area contributed by atoms with Gasteiger partial charge >= 0.3 is 11.9 Å². The molecule has 222 valence electrons. The minimum Gasteiger partial charge on any atom is -0.465 e. The molecule has 1 atom stereocenters. The van der Waals surface area contributed by atoms with Crippen molar-refractivity contribution in [3.05, 3.63) is 84.5 Å². The van der Waals surface area contributed by atoms with E-state index in [4.69, 9.17) is 23.9 Å². The molecule has 2 aromatic carbocycles. The Kier molecular flexibility index (Phi) is 7.61. The monoisotopic (exact) mass is 603 g/mol. The third kappa shape index (κ3) is 4.81. The molecule has 12 heteroatoms. The fraction of sp³-hybridized carbons (Fsp3) is 0.323. The average Bonchev–Trinajstić information content (AvgIpc) is 3.67. The van der Waals surface area contributed by atoms with Crippen molar-refractivity contribution in [3.63, 3.8) is 0 Å². The molecule has 3 aliphatic rings. The zero-order valence-corrected chi connectivity index (χ0v) is 24.7. The number of nitrogens with zero attached hydrogens (tertiary/aromatic N) is 3. The van der Waals surface area contributed by atoms with Crippen LogP contribution in [-0.2, 0) is 23.9 Å². The number of benzene rings is 2. The van der Waals surface area contributed by atoms with E-state index in [1.165, 1.54) is 9.47 Å². The first-order chi connectivity index (χ1) is 20.9. The van der Waals surface area contributed by atoms with Crippen LogP contribution in [0.3, 0.4) is 0 Å². The van der Waals surface area contributed by atoms with Crippen LogP contribution < -0.4 is 29.3 Å². The van der Waals surface area contributed by atoms with E-state index in [0.717, 1.165) is 11.3 Å². The minimum absolute atomic E-state index is 0.0659. The van der Waals surface area contributed by atoms with Crippen molar-refractivity contribution >= 4 is 40.4 Å². The molecule has 0 saturated heterocycles. The Morgan fingerprint density at radius 3 is 2.56 bits per heavy atom. The van der Waals surface area contributed by atoms with Crippen LogP contribution in [0.2, 0.25) is 0 Å². The smallest absolute Gasteiger partial charge is 0.338 e. The van der Waals surface area contributed by atoms with E-state index >= 15 is 0 Å². The quantitative estimate of drug-likeness (QED) is 0.360. The van der Waals surface area contributed by atoms with E-state index < -0.39 is 29.4 Å². The fourth-order valence-corrected chi connectivity index (χ4v) is 6.67. The predicted octanol–water partition coefficient (Wildman–Crippen LogP) is 2.59. The number of esters is 2. The van der Waals surface area contributed by atoms with Gasteiger partial charge in [-0.25, -0.2) is 9.79 Å². The standard InChI is InChI=1S/C31H29N3O8S/c1-4-9-19-25(30(38)40-6-3)26(17-12-13-21-22(14-17)42-16-41-21)34-29(37)27(43-31(34)32-19)24-18-10-7-8-11-20(18)33(28(24)36)15-23(35)39-5-2/h7-8,10-14,26H,4-6,9,15-16H2,1-3H3/b27-24+/t26-/m1/s1. The number of anilines is 1. The van der Waals surface area contributed by atoms with Crippen LogP contribution in [0.15, 0.2) is 63.5 Å². The molecule has 0 radical (unpaired) electrons. The van der Waals surface area contributed by atoms with Gasteiger partial charge in [-0.05, 0) is 44.0 Å². The zero-order chi connectivity index (χ0) is 30.2. The van der Waals surface area contributed by atoms with E-state index in [1.807, 2.05) is 6.92 Å². The second kappa shape index (κ2) is 11.5. The maximum absolute atomic E-state index is 14.4. The van der Waals surface area contributed by atoms with Crippen molar-refractivity contribution in [1.82, 2.24) is 4.57 Å². The van der Waals surface area contributed by atoms with Gasteiger partial charge in [-0.15, -0.1) is 0 Å². The first kappa shape index (κ1) is 28.4. The van der Waals surface area contributed by atoms with Crippen LogP contribution in [-0.4, -0.2) is 49.0 Å². The maximum atomic E-state index is 14.4. The van der Waals surface area contributed by atoms with E-state index in [2.05, 4.69) is 0 Å². The summed E-state index contributed by atoms with van der Waals surface area (Å²) in [6.07, 6.45) is 1.17. The molecule has 0 fully saturated rings. The van der Waals surface area contributed by atoms with Crippen LogP contribution in [0.4, 0.5) is 5.69 Å². The fourth-order valence-electron chi connectivity index (χ4n) is 5.56. The van der Waals surface area contributed by atoms with Gasteiger partial charge in [-0.2, -0.15) is 0 Å². The number of aromatic nitrogens is 1. The molecule has 3 aromatic rings. The number of hydrogen-bond donors (Lipinski definition) is 0. The van der Waals surface area contributed by atoms with E-state index in [1.54, 1.807) is 56.3 Å². The van der Waals surface area contributed by atoms with Gasteiger partial charge < -0.3 is 18.9 Å². The molecule has 0 N–H and O–H groups in total. The Hall–Kier alpha value is -4.71. The first-order valence-corrected chi connectivity index (χ1v) is 14.9. The normalized spacial score (nSPS) is 17.9. The number of rotatable bonds is 8. The lowest BCUT2D eigenvalue weighted by Gasteiger charge is -2.25. The van der Waals surface area contributed by atoms with Crippen molar-refractivity contribution in [2.75, 3.05) is 31.5 Å². The van der Waals surface area contributed by atoms with Crippen molar-refractivity contribution in [2.24, 2.45) is 4.99 Å². The zero-order valence-electron chi connectivity index (χ0n) is 23.9. The number of carbonyl (C=O) groups excluding carboxylic acids is 3. The van der Waals surface area contributed by atoms with Crippen molar-refractivity contribution in [3.8, 4) is 11.5 Å². The summed E-state index contributed by atoms with van der Waals surface area (Å²) in [4.78, 5) is 60.6. The maximum Gasteiger partial charge on any atom is 0.338 e. The van der Waals surface area contributed by atoms with Crippen LogP contribution in [0.1, 0.15) is 50.8 Å². The van der Waals surface area contributed by atoms with Gasteiger partial charge in [0.15, 0.2) is 16.3 Å². The number of fused-ring (bicyclic) bond motifs is 3. The first-order valence-electron chi connectivity index (χ1n) is 14.1. The van der Waals surface area contributed by atoms with E-state index in [0.29, 0.717) is 51.7 Å². The van der Waals surface area contributed by atoms with Crippen LogP contribution >= 0.6 is 11.3 Å². The molecule has 0 saturated carbocycles. The van der Waals surface area contributed by atoms with Crippen molar-refractivity contribution < 1.29 is 33.3 Å². The molecule has 0 aliphatic carbocycles. The lowest BCUT2D eigenvalue weighted by molar-refractivity contribution is -0.142. The molecule has 0 unspecified atom stereocenters. The van der Waals surface area contributed by atoms with Gasteiger partial charge in [0, 0.05) is 5.56 Å². The molecule has 43 heavy (non-hydrogen) atoms. The highest BCUT2D eigenvalue weighted by atomic mass is 32.1. The van der Waals surface area contributed by atoms with Gasteiger partial charge in [0.2, 0.25) is 6.79 Å². The molecule has 1 aromatic heterocycles.